The van der Waals surface area contributed by atoms with E-state index in [1.807, 2.05) is 31.2 Å². The van der Waals surface area contributed by atoms with Gasteiger partial charge in [0.15, 0.2) is 0 Å². The van der Waals surface area contributed by atoms with Crippen LogP contribution in [0.2, 0.25) is 0 Å². The van der Waals surface area contributed by atoms with Crippen LogP contribution in [0.5, 0.6) is 5.75 Å². The van der Waals surface area contributed by atoms with Gasteiger partial charge in [-0.25, -0.2) is 13.4 Å². The first kappa shape index (κ1) is 26.0. The Kier molecular flexibility index (Phi) is 7.21. The van der Waals surface area contributed by atoms with Crippen molar-refractivity contribution in [1.29, 1.82) is 0 Å². The molecule has 5 N–H and O–H groups in total. The van der Waals surface area contributed by atoms with Crippen LogP contribution < -0.4 is 15.8 Å². The summed E-state index contributed by atoms with van der Waals surface area (Å²) in [6.45, 7) is 1.87. The Hall–Kier alpha value is -5.04. The largest absolute Gasteiger partial charge is 0.507 e. The molecule has 0 fully saturated rings. The molecule has 0 radical (unpaired) electrons. The molecule has 1 atom stereocenters. The quantitative estimate of drug-likeness (QED) is 0.182. The van der Waals surface area contributed by atoms with E-state index < -0.39 is 20.9 Å². The average Bonchev–Trinajstić information content (AvgIpc) is 2.88. The van der Waals surface area contributed by atoms with Crippen LogP contribution in [0.4, 0.5) is 17.5 Å². The molecule has 4 aromatic rings. The number of primary amides is 1. The molecule has 4 rings (SSSR count). The third kappa shape index (κ3) is 5.84. The molecule has 1 aromatic heterocycles. The van der Waals surface area contributed by atoms with Crippen LogP contribution in [0.25, 0.3) is 11.1 Å². The number of anilines is 2. The zero-order valence-corrected chi connectivity index (χ0v) is 20.7. The molecular formula is C25H22N6O6S. The number of amides is 1. The third-order valence-electron chi connectivity index (χ3n) is 5.61. The molecule has 1 heterocycles. The maximum Gasteiger partial charge on any atom is 0.269 e. The van der Waals surface area contributed by atoms with Gasteiger partial charge in [0.05, 0.1) is 21.4 Å². The molecule has 0 saturated carbocycles. The molecule has 0 aliphatic rings. The van der Waals surface area contributed by atoms with Crippen molar-refractivity contribution in [2.24, 2.45) is 5.73 Å². The summed E-state index contributed by atoms with van der Waals surface area (Å²) in [7, 11) is -4.03. The average molecular weight is 535 g/mol. The van der Waals surface area contributed by atoms with Gasteiger partial charge in [-0.3, -0.25) is 19.6 Å². The van der Waals surface area contributed by atoms with Crippen molar-refractivity contribution in [3.05, 3.63) is 100 Å². The second-order valence-corrected chi connectivity index (χ2v) is 9.89. The number of hydrogen-bond donors (Lipinski definition) is 4. The number of hydrogen-bond acceptors (Lipinski definition) is 9. The van der Waals surface area contributed by atoms with Crippen molar-refractivity contribution >= 4 is 33.4 Å². The van der Waals surface area contributed by atoms with Crippen LogP contribution in [0.15, 0.2) is 83.9 Å². The van der Waals surface area contributed by atoms with Gasteiger partial charge in [0.1, 0.15) is 11.6 Å². The lowest BCUT2D eigenvalue weighted by atomic mass is 10.00. The van der Waals surface area contributed by atoms with E-state index >= 15 is 0 Å². The first-order valence-corrected chi connectivity index (χ1v) is 12.6. The van der Waals surface area contributed by atoms with Gasteiger partial charge in [0, 0.05) is 18.3 Å². The highest BCUT2D eigenvalue weighted by molar-refractivity contribution is 7.92. The minimum atomic E-state index is -4.03. The Bertz CT molecular complexity index is 1610. The Labute approximate surface area is 217 Å². The fourth-order valence-electron chi connectivity index (χ4n) is 3.59. The summed E-state index contributed by atoms with van der Waals surface area (Å²) in [6.07, 6.45) is 1.39. The van der Waals surface area contributed by atoms with Gasteiger partial charge >= 0.3 is 0 Å². The molecule has 0 aliphatic carbocycles. The van der Waals surface area contributed by atoms with Crippen molar-refractivity contribution in [3.8, 4) is 16.9 Å². The highest BCUT2D eigenvalue weighted by atomic mass is 32.2. The number of aromatic nitrogens is 2. The molecular weight excluding hydrogens is 512 g/mol. The third-order valence-corrected chi connectivity index (χ3v) is 6.98. The fraction of sp³-hybridized carbons (Fsp3) is 0.0800. The minimum absolute atomic E-state index is 0.0163. The summed E-state index contributed by atoms with van der Waals surface area (Å²) in [5.74, 6) is -0.717. The Morgan fingerprint density at radius 1 is 1.03 bits per heavy atom. The zero-order valence-electron chi connectivity index (χ0n) is 19.9. The number of nitrogens with two attached hydrogens (primary N) is 1. The van der Waals surface area contributed by atoms with Gasteiger partial charge < -0.3 is 16.2 Å². The van der Waals surface area contributed by atoms with Crippen molar-refractivity contribution in [2.45, 2.75) is 17.9 Å². The summed E-state index contributed by atoms with van der Waals surface area (Å²) in [5, 5.41) is 23.9. The van der Waals surface area contributed by atoms with Gasteiger partial charge in [-0.15, -0.1) is 0 Å². The van der Waals surface area contributed by atoms with E-state index in [1.165, 1.54) is 24.4 Å². The normalized spacial score (nSPS) is 11.9. The molecule has 0 saturated heterocycles. The number of sulfonamides is 1. The summed E-state index contributed by atoms with van der Waals surface area (Å²) < 4.78 is 27.7. The Morgan fingerprint density at radius 2 is 1.68 bits per heavy atom. The first-order chi connectivity index (χ1) is 18.0. The molecule has 194 valence electrons. The van der Waals surface area contributed by atoms with Gasteiger partial charge in [-0.05, 0) is 53.9 Å². The van der Waals surface area contributed by atoms with Crippen LogP contribution in [0.1, 0.15) is 28.9 Å². The van der Waals surface area contributed by atoms with E-state index in [-0.39, 0.29) is 39.7 Å². The van der Waals surface area contributed by atoms with E-state index in [0.29, 0.717) is 5.56 Å². The molecule has 0 unspecified atom stereocenters. The molecule has 12 nitrogen and oxygen atoms in total. The monoisotopic (exact) mass is 534 g/mol. The molecule has 1 amide bonds. The second-order valence-electron chi connectivity index (χ2n) is 8.21. The molecule has 0 bridgehead atoms. The lowest BCUT2D eigenvalue weighted by Gasteiger charge is -2.16. The van der Waals surface area contributed by atoms with Crippen LogP contribution in [0.3, 0.4) is 0 Å². The van der Waals surface area contributed by atoms with Crippen LogP contribution in [0, 0.1) is 10.1 Å². The number of carbonyl (C=O) groups excluding carboxylic acids is 1. The van der Waals surface area contributed by atoms with Crippen LogP contribution >= 0.6 is 0 Å². The smallest absolute Gasteiger partial charge is 0.269 e. The Balaban J connectivity index is 1.45. The summed E-state index contributed by atoms with van der Waals surface area (Å²) in [4.78, 5) is 29.7. The molecule has 13 heteroatoms. The van der Waals surface area contributed by atoms with Gasteiger partial charge in [-0.2, -0.15) is 4.98 Å². The van der Waals surface area contributed by atoms with E-state index in [0.717, 1.165) is 35.4 Å². The number of nitrogens with one attached hydrogen (secondary N) is 2. The zero-order chi connectivity index (χ0) is 27.4. The number of phenols is 1. The highest BCUT2D eigenvalue weighted by Gasteiger charge is 2.17. The van der Waals surface area contributed by atoms with Crippen molar-refractivity contribution in [2.75, 3.05) is 10.0 Å². The van der Waals surface area contributed by atoms with E-state index in [2.05, 4.69) is 20.0 Å². The van der Waals surface area contributed by atoms with Crippen molar-refractivity contribution < 1.29 is 23.2 Å². The van der Waals surface area contributed by atoms with E-state index in [9.17, 15) is 28.4 Å². The topological polar surface area (TPSA) is 190 Å². The Morgan fingerprint density at radius 3 is 2.29 bits per heavy atom. The molecule has 0 aliphatic heterocycles. The fourth-order valence-corrected chi connectivity index (χ4v) is 4.59. The maximum absolute atomic E-state index is 12.7. The van der Waals surface area contributed by atoms with Gasteiger partial charge in [0.2, 0.25) is 5.95 Å². The van der Waals surface area contributed by atoms with Crippen molar-refractivity contribution in [3.63, 3.8) is 0 Å². The van der Waals surface area contributed by atoms with E-state index in [1.54, 1.807) is 6.07 Å². The highest BCUT2D eigenvalue weighted by Crippen LogP contribution is 2.28. The molecule has 3 aromatic carbocycles. The standard InChI is InChI=1S/C25H22N6O6S/c1-15(16-2-4-17(5-3-16)18-6-11-21(24(26)33)22(32)14-18)28-25-27-13-12-23(29-25)30-38(36,37)20-9-7-19(8-10-20)31(34)35/h2-15,32H,1H3,(H2,26,33)(H2,27,28,29,30)/t15-/m0/s1. The summed E-state index contributed by atoms with van der Waals surface area (Å²) in [5.41, 5.74) is 7.45. The number of nitrogens with zero attached hydrogens (tertiary/aromatic N) is 3. The molecule has 38 heavy (non-hydrogen) atoms. The number of non-ortho nitro benzene ring substituents is 1. The summed E-state index contributed by atoms with van der Waals surface area (Å²) >= 11 is 0. The summed E-state index contributed by atoms with van der Waals surface area (Å²) in [6, 6.07) is 17.7. The number of carbonyl (C=O) groups is 1. The van der Waals surface area contributed by atoms with Gasteiger partial charge in [-0.1, -0.05) is 30.3 Å². The predicted octanol–water partition coefficient (Wildman–Crippen LogP) is 3.83. The van der Waals surface area contributed by atoms with Crippen molar-refractivity contribution in [1.82, 2.24) is 9.97 Å². The molecule has 0 spiro atoms. The van der Waals surface area contributed by atoms with Crippen LogP contribution in [-0.4, -0.2) is 34.3 Å². The number of aromatic hydroxyl groups is 1. The lowest BCUT2D eigenvalue weighted by Crippen LogP contribution is -2.15. The van der Waals surface area contributed by atoms with Gasteiger partial charge in [0.25, 0.3) is 21.6 Å². The number of benzene rings is 3. The predicted molar refractivity (Wildman–Crippen MR) is 140 cm³/mol. The second kappa shape index (κ2) is 10.5. The lowest BCUT2D eigenvalue weighted by molar-refractivity contribution is -0.384. The minimum Gasteiger partial charge on any atom is -0.507 e. The SMILES string of the molecule is C[C@H](Nc1nccc(NS(=O)(=O)c2ccc([N+](=O)[O-])cc2)n1)c1ccc(-c2ccc(C(N)=O)c(O)c2)cc1. The number of nitro benzene ring substituents is 1. The number of rotatable bonds is 9. The maximum atomic E-state index is 12.7. The number of nitro groups is 1. The van der Waals surface area contributed by atoms with Crippen LogP contribution in [-0.2, 0) is 10.0 Å². The first-order valence-electron chi connectivity index (χ1n) is 11.1. The van der Waals surface area contributed by atoms with E-state index in [4.69, 9.17) is 5.73 Å².